The van der Waals surface area contributed by atoms with Crippen LogP contribution < -0.4 is 5.73 Å². The standard InChI is InChI=1S/C16H23FN2O4S.ClH/c1-10-12(17)7-11(15(20)23-4)8-13(10)24(21,22)19-6-5-14(18)16(2,3)9-19;/h7-8,14H,5-6,9,18H2,1-4H3;1H. The van der Waals surface area contributed by atoms with Gasteiger partial charge in [0.05, 0.1) is 17.6 Å². The minimum absolute atomic E-state index is 0. The summed E-state index contributed by atoms with van der Waals surface area (Å²) in [6.07, 6.45) is 0.518. The Morgan fingerprint density at radius 1 is 1.40 bits per heavy atom. The molecule has 0 radical (unpaired) electrons. The average Bonchev–Trinajstić information content (AvgIpc) is 2.51. The van der Waals surface area contributed by atoms with Crippen LogP contribution in [0.4, 0.5) is 4.39 Å². The fourth-order valence-electron chi connectivity index (χ4n) is 2.83. The van der Waals surface area contributed by atoms with Crippen LogP contribution in [-0.4, -0.2) is 44.9 Å². The van der Waals surface area contributed by atoms with Crippen molar-refractivity contribution in [3.8, 4) is 0 Å². The third kappa shape index (κ3) is 4.13. The van der Waals surface area contributed by atoms with Gasteiger partial charge in [-0.05, 0) is 30.9 Å². The molecule has 6 nitrogen and oxygen atoms in total. The molecule has 1 aliphatic rings. The number of carbonyl (C=O) groups is 1. The van der Waals surface area contributed by atoms with Gasteiger partial charge in [0.15, 0.2) is 0 Å². The maximum atomic E-state index is 14.1. The van der Waals surface area contributed by atoms with Crippen LogP contribution in [0.2, 0.25) is 0 Å². The van der Waals surface area contributed by atoms with Crippen LogP contribution in [0.5, 0.6) is 0 Å². The van der Waals surface area contributed by atoms with Crippen LogP contribution in [-0.2, 0) is 14.8 Å². The summed E-state index contributed by atoms with van der Waals surface area (Å²) in [6, 6.07) is 2.04. The molecule has 25 heavy (non-hydrogen) atoms. The van der Waals surface area contributed by atoms with Crippen molar-refractivity contribution in [2.75, 3.05) is 20.2 Å². The summed E-state index contributed by atoms with van der Waals surface area (Å²) in [5, 5.41) is 0. The van der Waals surface area contributed by atoms with Crippen molar-refractivity contribution in [2.24, 2.45) is 11.1 Å². The van der Waals surface area contributed by atoms with Gasteiger partial charge < -0.3 is 10.5 Å². The Labute approximate surface area is 154 Å². The number of benzene rings is 1. The van der Waals surface area contributed by atoms with Crippen molar-refractivity contribution in [3.63, 3.8) is 0 Å². The zero-order valence-electron chi connectivity index (χ0n) is 14.7. The van der Waals surface area contributed by atoms with Gasteiger partial charge in [0.25, 0.3) is 0 Å². The van der Waals surface area contributed by atoms with Crippen molar-refractivity contribution in [1.82, 2.24) is 4.31 Å². The van der Waals surface area contributed by atoms with Crippen LogP contribution in [0.25, 0.3) is 0 Å². The van der Waals surface area contributed by atoms with Crippen molar-refractivity contribution in [3.05, 3.63) is 29.1 Å². The number of rotatable bonds is 3. The molecule has 0 bridgehead atoms. The molecular weight excluding hydrogens is 371 g/mol. The first-order valence-corrected chi connectivity index (χ1v) is 9.09. The molecule has 0 saturated carbocycles. The van der Waals surface area contributed by atoms with Crippen molar-refractivity contribution in [2.45, 2.75) is 38.1 Å². The number of sulfonamides is 1. The first-order valence-electron chi connectivity index (χ1n) is 7.65. The molecule has 0 aliphatic carbocycles. The van der Waals surface area contributed by atoms with E-state index in [9.17, 15) is 17.6 Å². The van der Waals surface area contributed by atoms with E-state index in [-0.39, 0.29) is 47.6 Å². The number of hydrogen-bond donors (Lipinski definition) is 1. The van der Waals surface area contributed by atoms with Gasteiger partial charge in [0.2, 0.25) is 10.0 Å². The highest BCUT2D eigenvalue weighted by Crippen LogP contribution is 2.32. The molecule has 1 atom stereocenters. The van der Waals surface area contributed by atoms with Gasteiger partial charge in [-0.25, -0.2) is 17.6 Å². The van der Waals surface area contributed by atoms with Crippen molar-refractivity contribution >= 4 is 28.4 Å². The van der Waals surface area contributed by atoms with Gasteiger partial charge in [0, 0.05) is 24.7 Å². The summed E-state index contributed by atoms with van der Waals surface area (Å²) in [6.45, 7) is 5.68. The Morgan fingerprint density at radius 3 is 2.52 bits per heavy atom. The summed E-state index contributed by atoms with van der Waals surface area (Å²) < 4.78 is 46.0. The van der Waals surface area contributed by atoms with Crippen molar-refractivity contribution in [1.29, 1.82) is 0 Å². The van der Waals surface area contributed by atoms with Crippen LogP contribution >= 0.6 is 12.4 Å². The number of nitrogens with zero attached hydrogens (tertiary/aromatic N) is 1. The fourth-order valence-corrected chi connectivity index (χ4v) is 4.71. The van der Waals surface area contributed by atoms with E-state index >= 15 is 0 Å². The van der Waals surface area contributed by atoms with Gasteiger partial charge in [0.1, 0.15) is 5.82 Å². The quantitative estimate of drug-likeness (QED) is 0.793. The van der Waals surface area contributed by atoms with Gasteiger partial charge in [-0.3, -0.25) is 0 Å². The zero-order chi connectivity index (χ0) is 18.3. The second-order valence-corrected chi connectivity index (χ2v) is 8.70. The molecule has 1 aromatic carbocycles. The summed E-state index contributed by atoms with van der Waals surface area (Å²) in [7, 11) is -2.79. The number of esters is 1. The van der Waals surface area contributed by atoms with Gasteiger partial charge in [-0.15, -0.1) is 12.4 Å². The zero-order valence-corrected chi connectivity index (χ0v) is 16.3. The number of carbonyl (C=O) groups excluding carboxylic acids is 1. The predicted molar refractivity (Wildman–Crippen MR) is 94.9 cm³/mol. The fraction of sp³-hybridized carbons (Fsp3) is 0.562. The van der Waals surface area contributed by atoms with E-state index in [1.165, 1.54) is 17.3 Å². The largest absolute Gasteiger partial charge is 0.465 e. The predicted octanol–water partition coefficient (Wildman–Crippen LogP) is 2.09. The molecule has 0 aromatic heterocycles. The minimum Gasteiger partial charge on any atom is -0.465 e. The van der Waals surface area contributed by atoms with E-state index < -0.39 is 27.2 Å². The molecular formula is C16H24ClFN2O4S. The summed E-state index contributed by atoms with van der Waals surface area (Å²) >= 11 is 0. The molecule has 0 spiro atoms. The van der Waals surface area contributed by atoms with Crippen LogP contribution in [0.3, 0.4) is 0 Å². The Kier molecular flexibility index (Phi) is 6.61. The lowest BCUT2D eigenvalue weighted by atomic mass is 9.81. The normalized spacial score (nSPS) is 20.6. The highest BCUT2D eigenvalue weighted by molar-refractivity contribution is 7.89. The van der Waals surface area contributed by atoms with Crippen LogP contribution in [0.15, 0.2) is 17.0 Å². The van der Waals surface area contributed by atoms with Gasteiger partial charge in [-0.2, -0.15) is 4.31 Å². The number of ether oxygens (including phenoxy) is 1. The monoisotopic (exact) mass is 394 g/mol. The van der Waals surface area contributed by atoms with Gasteiger partial charge >= 0.3 is 5.97 Å². The third-order valence-corrected chi connectivity index (χ3v) is 6.58. The molecule has 2 N–H and O–H groups in total. The topological polar surface area (TPSA) is 89.7 Å². The molecule has 1 fully saturated rings. The number of hydrogen-bond acceptors (Lipinski definition) is 5. The van der Waals surface area contributed by atoms with Crippen LogP contribution in [0.1, 0.15) is 36.2 Å². The Morgan fingerprint density at radius 2 is 2.00 bits per heavy atom. The molecule has 1 aromatic rings. The molecule has 142 valence electrons. The van der Waals surface area contributed by atoms with E-state index in [0.29, 0.717) is 6.42 Å². The molecule has 2 rings (SSSR count). The first kappa shape index (κ1) is 21.8. The highest BCUT2D eigenvalue weighted by Gasteiger charge is 2.39. The van der Waals surface area contributed by atoms with E-state index in [2.05, 4.69) is 4.74 Å². The van der Waals surface area contributed by atoms with E-state index in [1.54, 1.807) is 0 Å². The first-order chi connectivity index (χ1) is 11.0. The lowest BCUT2D eigenvalue weighted by Crippen LogP contribution is -2.53. The lowest BCUT2D eigenvalue weighted by Gasteiger charge is -2.41. The van der Waals surface area contributed by atoms with Crippen LogP contribution in [0, 0.1) is 18.2 Å². The molecule has 1 unspecified atom stereocenters. The molecule has 9 heteroatoms. The minimum atomic E-state index is -3.94. The number of piperidine rings is 1. The second-order valence-electron chi connectivity index (χ2n) is 6.80. The second kappa shape index (κ2) is 7.57. The smallest absolute Gasteiger partial charge is 0.337 e. The van der Waals surface area contributed by atoms with Gasteiger partial charge in [-0.1, -0.05) is 13.8 Å². The maximum Gasteiger partial charge on any atom is 0.337 e. The molecule has 1 aliphatic heterocycles. The SMILES string of the molecule is COC(=O)c1cc(F)c(C)c(S(=O)(=O)N2CCC(N)C(C)(C)C2)c1.Cl. The van der Waals surface area contributed by atoms with E-state index in [1.807, 2.05) is 13.8 Å². The number of methoxy groups -OCH3 is 1. The molecule has 1 saturated heterocycles. The average molecular weight is 395 g/mol. The molecule has 0 amide bonds. The van der Waals surface area contributed by atoms with E-state index in [0.717, 1.165) is 13.2 Å². The van der Waals surface area contributed by atoms with Crippen molar-refractivity contribution < 1.29 is 22.3 Å². The van der Waals surface area contributed by atoms with E-state index in [4.69, 9.17) is 5.73 Å². The summed E-state index contributed by atoms with van der Waals surface area (Å²) in [5.41, 5.74) is 5.51. The molecule has 1 heterocycles. The summed E-state index contributed by atoms with van der Waals surface area (Å²) in [5.74, 6) is -1.55. The third-order valence-electron chi connectivity index (χ3n) is 4.61. The highest BCUT2D eigenvalue weighted by atomic mass is 35.5. The number of halogens is 2. The Balaban J connectivity index is 0.00000312. The Bertz CT molecular complexity index is 768. The summed E-state index contributed by atoms with van der Waals surface area (Å²) in [4.78, 5) is 11.5. The number of nitrogens with two attached hydrogens (primary N) is 1. The maximum absolute atomic E-state index is 14.1. The lowest BCUT2D eigenvalue weighted by molar-refractivity contribution is 0.0600. The Hall–Kier alpha value is -1.22.